The van der Waals surface area contributed by atoms with E-state index in [1.54, 1.807) is 0 Å². The number of hydrogen-bond donors (Lipinski definition) is 1. The van der Waals surface area contributed by atoms with Crippen LogP contribution in [-0.2, 0) is 4.79 Å². The van der Waals surface area contributed by atoms with Gasteiger partial charge in [0.1, 0.15) is 15.8 Å². The number of halogens is 1. The van der Waals surface area contributed by atoms with E-state index in [4.69, 9.17) is 21.7 Å². The van der Waals surface area contributed by atoms with Crippen LogP contribution in [0.3, 0.4) is 0 Å². The van der Waals surface area contributed by atoms with Gasteiger partial charge in [-0.05, 0) is 36.8 Å². The van der Waals surface area contributed by atoms with Crippen molar-refractivity contribution in [3.8, 4) is 11.3 Å². The summed E-state index contributed by atoms with van der Waals surface area (Å²) in [5.41, 5.74) is 1.03. The van der Waals surface area contributed by atoms with Crippen molar-refractivity contribution in [1.29, 1.82) is 0 Å². The summed E-state index contributed by atoms with van der Waals surface area (Å²) in [5, 5.41) is 8.73. The Balaban J connectivity index is 1.64. The van der Waals surface area contributed by atoms with Gasteiger partial charge in [-0.25, -0.2) is 0 Å². The molecule has 1 aromatic heterocycles. The zero-order valence-electron chi connectivity index (χ0n) is 13.3. The average molecular weight is 438 g/mol. The third kappa shape index (κ3) is 4.96. The van der Waals surface area contributed by atoms with E-state index in [1.165, 1.54) is 11.8 Å². The van der Waals surface area contributed by atoms with Crippen LogP contribution in [0.1, 0.15) is 18.6 Å². The number of carbonyl (C=O) groups is 1. The van der Waals surface area contributed by atoms with Gasteiger partial charge in [0.2, 0.25) is 0 Å². The van der Waals surface area contributed by atoms with Gasteiger partial charge in [0.25, 0.3) is 0 Å². The van der Waals surface area contributed by atoms with E-state index >= 15 is 0 Å². The van der Waals surface area contributed by atoms with E-state index < -0.39 is 5.97 Å². The summed E-state index contributed by atoms with van der Waals surface area (Å²) in [7, 11) is 0. The maximum atomic E-state index is 10.6. The molecule has 130 valence electrons. The van der Waals surface area contributed by atoms with Crippen molar-refractivity contribution in [3.05, 3.63) is 51.5 Å². The van der Waals surface area contributed by atoms with Gasteiger partial charge in [-0.2, -0.15) is 0 Å². The minimum atomic E-state index is -0.774. The number of thiocarbonyl (C=S) groups is 1. The molecule has 1 aliphatic rings. The van der Waals surface area contributed by atoms with E-state index in [1.807, 2.05) is 47.4 Å². The predicted octanol–water partition coefficient (Wildman–Crippen LogP) is 5.25. The first-order valence-electron chi connectivity index (χ1n) is 7.76. The van der Waals surface area contributed by atoms with E-state index in [9.17, 15) is 4.79 Å². The molecule has 1 N–H and O–H groups in total. The summed E-state index contributed by atoms with van der Waals surface area (Å²) in [6.07, 6.45) is 2.76. The van der Waals surface area contributed by atoms with Gasteiger partial charge in [-0.15, -0.1) is 0 Å². The lowest BCUT2D eigenvalue weighted by molar-refractivity contribution is -0.137. The molecule has 0 atom stereocenters. The normalized spacial score (nSPS) is 16.0. The number of nitrogens with zero attached hydrogens (tertiary/aromatic N) is 1. The second kappa shape index (κ2) is 8.21. The zero-order chi connectivity index (χ0) is 17.8. The number of hydrogen-bond acceptors (Lipinski definition) is 4. The number of rotatable bonds is 6. The molecule has 3 rings (SSSR count). The van der Waals surface area contributed by atoms with Crippen LogP contribution in [0.4, 0.5) is 0 Å². The van der Waals surface area contributed by atoms with E-state index in [2.05, 4.69) is 15.9 Å². The first-order chi connectivity index (χ1) is 12.0. The maximum absolute atomic E-state index is 10.6. The largest absolute Gasteiger partial charge is 0.481 e. The van der Waals surface area contributed by atoms with Crippen LogP contribution in [0.5, 0.6) is 0 Å². The van der Waals surface area contributed by atoms with E-state index in [0.717, 1.165) is 30.8 Å². The number of thioether (sulfide) groups is 1. The fourth-order valence-electron chi connectivity index (χ4n) is 2.49. The Morgan fingerprint density at radius 2 is 2.08 bits per heavy atom. The minimum absolute atomic E-state index is 0.164. The Hall–Kier alpha value is -1.57. The second-order valence-electron chi connectivity index (χ2n) is 5.61. The zero-order valence-corrected chi connectivity index (χ0v) is 16.5. The molecule has 1 saturated heterocycles. The smallest absolute Gasteiger partial charge is 0.303 e. The molecule has 2 aromatic rings. The molecule has 0 radical (unpaired) electrons. The number of carboxylic acid groups (broad SMARTS) is 1. The number of carboxylic acids is 1. The molecule has 7 heteroatoms. The van der Waals surface area contributed by atoms with E-state index in [0.29, 0.717) is 19.5 Å². The molecular formula is C18H16BrNO3S2. The van der Waals surface area contributed by atoms with Gasteiger partial charge < -0.3 is 14.4 Å². The fourth-order valence-corrected chi connectivity index (χ4v) is 4.13. The average Bonchev–Trinajstić information content (AvgIpc) is 3.15. The first kappa shape index (κ1) is 18.2. The van der Waals surface area contributed by atoms with Crippen molar-refractivity contribution in [1.82, 2.24) is 4.90 Å². The fraction of sp³-hybridized carbons (Fsp3) is 0.222. The van der Waals surface area contributed by atoms with Crippen molar-refractivity contribution in [2.75, 3.05) is 13.1 Å². The summed E-state index contributed by atoms with van der Waals surface area (Å²) >= 11 is 10.3. The van der Waals surface area contributed by atoms with Crippen molar-refractivity contribution < 1.29 is 14.3 Å². The molecule has 0 amide bonds. The molecule has 0 spiro atoms. The molecule has 4 nitrogen and oxygen atoms in total. The van der Waals surface area contributed by atoms with Crippen LogP contribution in [0.25, 0.3) is 17.4 Å². The molecule has 1 aliphatic heterocycles. The summed E-state index contributed by atoms with van der Waals surface area (Å²) < 4.78 is 7.73. The number of furan rings is 1. The summed E-state index contributed by atoms with van der Waals surface area (Å²) in [6, 6.07) is 11.9. The lowest BCUT2D eigenvalue weighted by Crippen LogP contribution is -2.24. The van der Waals surface area contributed by atoms with Crippen molar-refractivity contribution in [3.63, 3.8) is 0 Å². The molecule has 0 unspecified atom stereocenters. The molecule has 2 heterocycles. The Kier molecular flexibility index (Phi) is 5.98. The number of benzene rings is 1. The van der Waals surface area contributed by atoms with Gasteiger partial charge in [0.05, 0.1) is 6.54 Å². The van der Waals surface area contributed by atoms with Crippen LogP contribution >= 0.6 is 39.9 Å². The molecule has 25 heavy (non-hydrogen) atoms. The molecular weight excluding hydrogens is 422 g/mol. The topological polar surface area (TPSA) is 53.7 Å². The van der Waals surface area contributed by atoms with Crippen molar-refractivity contribution >= 4 is 56.3 Å². The SMILES string of the molecule is O=C(O)CCCN1C/C(=C\c2ccc(-c3ccc(Br)cc3)o2)SC1=S. The van der Waals surface area contributed by atoms with Crippen molar-refractivity contribution in [2.24, 2.45) is 0 Å². The predicted molar refractivity (Wildman–Crippen MR) is 108 cm³/mol. The molecule has 1 fully saturated rings. The maximum Gasteiger partial charge on any atom is 0.303 e. The second-order valence-corrected chi connectivity index (χ2v) is 8.28. The minimum Gasteiger partial charge on any atom is -0.481 e. The van der Waals surface area contributed by atoms with Crippen LogP contribution < -0.4 is 0 Å². The summed E-state index contributed by atoms with van der Waals surface area (Å²) in [6.45, 7) is 1.37. The highest BCUT2D eigenvalue weighted by Gasteiger charge is 2.22. The van der Waals surface area contributed by atoms with Gasteiger partial charge in [0.15, 0.2) is 0 Å². The van der Waals surface area contributed by atoms with Crippen LogP contribution in [0.15, 0.2) is 50.2 Å². The third-order valence-corrected chi connectivity index (χ3v) is 5.68. The van der Waals surface area contributed by atoms with Gasteiger partial charge in [-0.1, -0.05) is 52.0 Å². The number of aliphatic carboxylic acids is 1. The lowest BCUT2D eigenvalue weighted by Gasteiger charge is -2.15. The first-order valence-corrected chi connectivity index (χ1v) is 9.78. The third-order valence-electron chi connectivity index (χ3n) is 3.70. The van der Waals surface area contributed by atoms with Gasteiger partial charge in [0, 0.05) is 27.9 Å². The Bertz CT molecular complexity index is 814. The Labute approximate surface area is 164 Å². The quantitative estimate of drug-likeness (QED) is 0.622. The highest BCUT2D eigenvalue weighted by atomic mass is 79.9. The molecule has 0 bridgehead atoms. The molecule has 1 aromatic carbocycles. The molecule has 0 saturated carbocycles. The Morgan fingerprint density at radius 3 is 2.80 bits per heavy atom. The van der Waals surface area contributed by atoms with Crippen LogP contribution in [-0.4, -0.2) is 33.4 Å². The standard InChI is InChI=1S/C18H16BrNO3S2/c19-13-5-3-12(4-6-13)16-8-7-14(23-16)10-15-11-20(18(24)25-15)9-1-2-17(21)22/h3-8,10H,1-2,9,11H2,(H,21,22)/b15-10+. The van der Waals surface area contributed by atoms with Crippen LogP contribution in [0.2, 0.25) is 0 Å². The molecule has 0 aliphatic carbocycles. The highest BCUT2D eigenvalue weighted by molar-refractivity contribution is 9.10. The van der Waals surface area contributed by atoms with E-state index in [-0.39, 0.29) is 6.42 Å². The monoisotopic (exact) mass is 437 g/mol. The lowest BCUT2D eigenvalue weighted by atomic mass is 10.2. The highest BCUT2D eigenvalue weighted by Crippen LogP contribution is 2.32. The van der Waals surface area contributed by atoms with Gasteiger partial charge in [-0.3, -0.25) is 4.79 Å². The van der Waals surface area contributed by atoms with Crippen LogP contribution in [0, 0.1) is 0 Å². The summed E-state index contributed by atoms with van der Waals surface area (Å²) in [4.78, 5) is 13.8. The summed E-state index contributed by atoms with van der Waals surface area (Å²) in [5.74, 6) is 0.837. The van der Waals surface area contributed by atoms with Crippen molar-refractivity contribution in [2.45, 2.75) is 12.8 Å². The Morgan fingerprint density at radius 1 is 1.32 bits per heavy atom. The van der Waals surface area contributed by atoms with Gasteiger partial charge >= 0.3 is 5.97 Å².